The van der Waals surface area contributed by atoms with E-state index in [1.807, 2.05) is 24.3 Å². The number of thiazole rings is 1. The Morgan fingerprint density at radius 2 is 1.85 bits per heavy atom. The first-order chi connectivity index (χ1) is 18.9. The average molecular weight is 577 g/mol. The molecule has 0 spiro atoms. The number of aromatic amines is 1. The second-order valence-electron chi connectivity index (χ2n) is 11.7. The van der Waals surface area contributed by atoms with Crippen molar-refractivity contribution in [2.45, 2.75) is 70.7 Å². The highest BCUT2D eigenvalue weighted by molar-refractivity contribution is 7.10. The Labute approximate surface area is 242 Å². The lowest BCUT2D eigenvalue weighted by atomic mass is 9.99. The zero-order valence-electron chi connectivity index (χ0n) is 24.2. The number of nitrogens with zero attached hydrogens (tertiary/aromatic N) is 2. The number of H-pyrrole nitrogens is 1. The van der Waals surface area contributed by atoms with Crippen molar-refractivity contribution in [3.63, 3.8) is 0 Å². The van der Waals surface area contributed by atoms with Gasteiger partial charge in [-0.2, -0.15) is 0 Å². The molecule has 7 nitrogen and oxygen atoms in total. The molecule has 2 heterocycles. The van der Waals surface area contributed by atoms with Crippen LogP contribution >= 0.6 is 11.3 Å². The fraction of sp³-hybridized carbons (Fsp3) is 0.387. The van der Waals surface area contributed by atoms with E-state index in [9.17, 15) is 4.79 Å². The molecule has 0 saturated carbocycles. The number of hydrogen-bond donors (Lipinski definition) is 2. The summed E-state index contributed by atoms with van der Waals surface area (Å²) in [7, 11) is -2.03. The van der Waals surface area contributed by atoms with E-state index in [1.54, 1.807) is 17.5 Å². The monoisotopic (exact) mass is 576 g/mol. The Hall–Kier alpha value is -3.27. The van der Waals surface area contributed by atoms with E-state index in [2.05, 4.69) is 86.5 Å². The van der Waals surface area contributed by atoms with Crippen LogP contribution in [0, 0.1) is 0 Å². The normalized spacial score (nSPS) is 13.7. The van der Waals surface area contributed by atoms with Crippen molar-refractivity contribution in [2.24, 2.45) is 5.73 Å². The molecule has 4 rings (SSSR count). The van der Waals surface area contributed by atoms with Crippen LogP contribution in [0.5, 0.6) is 5.75 Å². The molecule has 0 aliphatic carbocycles. The van der Waals surface area contributed by atoms with Crippen molar-refractivity contribution in [1.29, 1.82) is 0 Å². The lowest BCUT2D eigenvalue weighted by molar-refractivity contribution is 0.0995. The standard InChI is InChI=1S/C31H40N4O3SSi/c1-21(38-40(5,6)31(2,3)4)25(30-33-19-26(35-30)29(32)36)15-16-37-24-14-10-13-23(18-24)27-20-39-28(34-27)17-22-11-8-7-9-12-22/h7-14,18-21,25H,15-17H2,1-6H3,(H2,32,36)(H,33,35)/t21-,25-/m0/s1. The summed E-state index contributed by atoms with van der Waals surface area (Å²) in [5.41, 5.74) is 8.92. The van der Waals surface area contributed by atoms with Gasteiger partial charge in [0.2, 0.25) is 0 Å². The van der Waals surface area contributed by atoms with Gasteiger partial charge in [-0.15, -0.1) is 11.3 Å². The third-order valence-corrected chi connectivity index (χ3v) is 13.1. The maximum absolute atomic E-state index is 11.7. The van der Waals surface area contributed by atoms with E-state index >= 15 is 0 Å². The van der Waals surface area contributed by atoms with Crippen LogP contribution in [-0.4, -0.2) is 41.9 Å². The number of imidazole rings is 1. The molecule has 0 saturated heterocycles. The van der Waals surface area contributed by atoms with Gasteiger partial charge in [-0.1, -0.05) is 63.2 Å². The average Bonchev–Trinajstić information content (AvgIpc) is 3.57. The highest BCUT2D eigenvalue weighted by Crippen LogP contribution is 2.39. The number of carbonyl (C=O) groups excluding carboxylic acids is 1. The third-order valence-electron chi connectivity index (χ3n) is 7.63. The summed E-state index contributed by atoms with van der Waals surface area (Å²) in [6.07, 6.45) is 2.92. The molecule has 3 N–H and O–H groups in total. The number of primary amides is 1. The molecule has 0 aliphatic heterocycles. The summed E-state index contributed by atoms with van der Waals surface area (Å²) >= 11 is 1.67. The zero-order valence-corrected chi connectivity index (χ0v) is 26.0. The van der Waals surface area contributed by atoms with E-state index in [0.29, 0.717) is 18.9 Å². The minimum Gasteiger partial charge on any atom is -0.494 e. The number of rotatable bonds is 12. The van der Waals surface area contributed by atoms with Crippen molar-refractivity contribution in [3.05, 3.63) is 88.3 Å². The van der Waals surface area contributed by atoms with Crippen LogP contribution < -0.4 is 10.5 Å². The van der Waals surface area contributed by atoms with Gasteiger partial charge in [0.1, 0.15) is 17.3 Å². The van der Waals surface area contributed by atoms with Crippen molar-refractivity contribution >= 4 is 25.6 Å². The van der Waals surface area contributed by atoms with Crippen LogP contribution in [0.1, 0.15) is 66.9 Å². The van der Waals surface area contributed by atoms with Gasteiger partial charge in [-0.05, 0) is 49.2 Å². The van der Waals surface area contributed by atoms with E-state index < -0.39 is 14.2 Å². The van der Waals surface area contributed by atoms with Gasteiger partial charge in [0, 0.05) is 29.5 Å². The molecule has 212 valence electrons. The largest absolute Gasteiger partial charge is 0.494 e. The number of aromatic nitrogens is 3. The molecule has 2 atom stereocenters. The van der Waals surface area contributed by atoms with Gasteiger partial charge in [0.15, 0.2) is 8.32 Å². The molecular formula is C31H40N4O3SSi. The Kier molecular flexibility index (Phi) is 9.28. The van der Waals surface area contributed by atoms with Crippen LogP contribution in [0.2, 0.25) is 18.1 Å². The summed E-state index contributed by atoms with van der Waals surface area (Å²) in [4.78, 5) is 24.2. The molecule has 2 aromatic heterocycles. The molecule has 4 aromatic rings. The molecule has 40 heavy (non-hydrogen) atoms. The smallest absolute Gasteiger partial charge is 0.268 e. The molecule has 1 amide bonds. The fourth-order valence-electron chi connectivity index (χ4n) is 4.31. The Morgan fingerprint density at radius 1 is 1.10 bits per heavy atom. The minimum atomic E-state index is -2.03. The topological polar surface area (TPSA) is 103 Å². The number of nitrogens with two attached hydrogens (primary N) is 1. The lowest BCUT2D eigenvalue weighted by Crippen LogP contribution is -2.44. The number of nitrogens with one attached hydrogen (secondary N) is 1. The van der Waals surface area contributed by atoms with Crippen molar-refractivity contribution in [2.75, 3.05) is 6.61 Å². The first-order valence-corrected chi connectivity index (χ1v) is 17.5. The lowest BCUT2D eigenvalue weighted by Gasteiger charge is -2.40. The van der Waals surface area contributed by atoms with Gasteiger partial charge < -0.3 is 19.9 Å². The Morgan fingerprint density at radius 3 is 2.52 bits per heavy atom. The van der Waals surface area contributed by atoms with Gasteiger partial charge in [-0.3, -0.25) is 4.79 Å². The number of amides is 1. The molecule has 0 unspecified atom stereocenters. The molecular weight excluding hydrogens is 537 g/mol. The van der Waals surface area contributed by atoms with Gasteiger partial charge in [0.25, 0.3) is 5.91 Å². The quantitative estimate of drug-likeness (QED) is 0.174. The molecule has 0 bridgehead atoms. The Balaban J connectivity index is 1.44. The second kappa shape index (κ2) is 12.5. The minimum absolute atomic E-state index is 0.0704. The molecule has 9 heteroatoms. The fourth-order valence-corrected chi connectivity index (χ4v) is 6.60. The van der Waals surface area contributed by atoms with Crippen molar-refractivity contribution < 1.29 is 14.0 Å². The number of hydrogen-bond acceptors (Lipinski definition) is 6. The predicted octanol–water partition coefficient (Wildman–Crippen LogP) is 7.19. The second-order valence-corrected chi connectivity index (χ2v) is 17.4. The molecule has 0 fully saturated rings. The third kappa shape index (κ3) is 7.47. The van der Waals surface area contributed by atoms with Gasteiger partial charge in [0.05, 0.1) is 23.4 Å². The van der Waals surface area contributed by atoms with E-state index in [0.717, 1.165) is 28.4 Å². The maximum Gasteiger partial charge on any atom is 0.268 e. The summed E-state index contributed by atoms with van der Waals surface area (Å²) in [5, 5.41) is 3.25. The summed E-state index contributed by atoms with van der Waals surface area (Å²) < 4.78 is 12.9. The predicted molar refractivity (Wildman–Crippen MR) is 165 cm³/mol. The van der Waals surface area contributed by atoms with E-state index in [-0.39, 0.29) is 22.8 Å². The molecule has 0 radical (unpaired) electrons. The first-order valence-electron chi connectivity index (χ1n) is 13.7. The van der Waals surface area contributed by atoms with Crippen LogP contribution in [0.15, 0.2) is 66.2 Å². The van der Waals surface area contributed by atoms with Crippen molar-refractivity contribution in [1.82, 2.24) is 15.0 Å². The highest BCUT2D eigenvalue weighted by atomic mass is 32.1. The maximum atomic E-state index is 11.7. The molecule has 0 aliphatic rings. The van der Waals surface area contributed by atoms with E-state index in [4.69, 9.17) is 19.9 Å². The summed E-state index contributed by atoms with van der Waals surface area (Å²) in [6, 6.07) is 18.4. The SMILES string of the molecule is C[C@H](O[Si](C)(C)C(C)(C)C)[C@H](CCOc1cccc(-c2csc(Cc3ccccc3)n2)c1)c1nc(C(N)=O)c[nH]1. The molecule has 2 aromatic carbocycles. The van der Waals surface area contributed by atoms with Gasteiger partial charge >= 0.3 is 0 Å². The summed E-state index contributed by atoms with van der Waals surface area (Å²) in [6.45, 7) is 13.7. The number of benzene rings is 2. The first kappa shape index (κ1) is 29.7. The number of carbonyl (C=O) groups is 1. The highest BCUT2D eigenvalue weighted by Gasteiger charge is 2.40. The van der Waals surface area contributed by atoms with Crippen molar-refractivity contribution in [3.8, 4) is 17.0 Å². The van der Waals surface area contributed by atoms with Crippen LogP contribution in [0.3, 0.4) is 0 Å². The van der Waals surface area contributed by atoms with Gasteiger partial charge in [-0.25, -0.2) is 9.97 Å². The van der Waals surface area contributed by atoms with Crippen LogP contribution in [-0.2, 0) is 10.8 Å². The summed E-state index contributed by atoms with van der Waals surface area (Å²) in [5.74, 6) is 0.820. The van der Waals surface area contributed by atoms with Crippen LogP contribution in [0.25, 0.3) is 11.3 Å². The Bertz CT molecular complexity index is 1410. The van der Waals surface area contributed by atoms with Crippen LogP contribution in [0.4, 0.5) is 0 Å². The zero-order chi connectivity index (χ0) is 28.9. The van der Waals surface area contributed by atoms with E-state index in [1.165, 1.54) is 5.56 Å². The number of ether oxygens (including phenoxy) is 1.